The number of benzene rings is 1. The van der Waals surface area contributed by atoms with E-state index in [2.05, 4.69) is 19.2 Å². The fourth-order valence-electron chi connectivity index (χ4n) is 2.75. The smallest absolute Gasteiger partial charge is 0.331 e. The predicted octanol–water partition coefficient (Wildman–Crippen LogP) is 3.75. The molecule has 0 aromatic heterocycles. The van der Waals surface area contributed by atoms with Crippen molar-refractivity contribution in [2.45, 2.75) is 45.1 Å². The molecule has 20 heavy (non-hydrogen) atoms. The Hall–Kier alpha value is -1.58. The van der Waals surface area contributed by atoms with Crippen LogP contribution in [0.2, 0.25) is 0 Å². The first kappa shape index (κ1) is 14.8. The molecule has 0 radical (unpaired) electrons. The van der Waals surface area contributed by atoms with Crippen LogP contribution in [0.4, 0.5) is 10.1 Å². The summed E-state index contributed by atoms with van der Waals surface area (Å²) in [7, 11) is 1.38. The Bertz CT molecular complexity index is 489. The normalized spacial score (nSPS) is 20.2. The van der Waals surface area contributed by atoms with Crippen molar-refractivity contribution in [1.82, 2.24) is 0 Å². The predicted molar refractivity (Wildman–Crippen MR) is 77.0 cm³/mol. The first-order chi connectivity index (χ1) is 9.38. The number of rotatable bonds is 3. The monoisotopic (exact) mass is 279 g/mol. The molecule has 1 aliphatic rings. The van der Waals surface area contributed by atoms with Gasteiger partial charge in [-0.3, -0.25) is 0 Å². The SMILES string of the molecule is COC(=O)C1(Nc2ccccc2F)CCC(C)(C)CC1. The standard InChI is InChI=1S/C16H22FNO2/c1-15(2)8-10-16(11-9-15,14(19)20-3)18-13-7-5-4-6-12(13)17/h4-7,18H,8-11H2,1-3H3. The lowest BCUT2D eigenvalue weighted by Crippen LogP contribution is -2.51. The zero-order valence-electron chi connectivity index (χ0n) is 12.3. The van der Waals surface area contributed by atoms with E-state index in [4.69, 9.17) is 4.74 Å². The minimum Gasteiger partial charge on any atom is -0.467 e. The second-order valence-electron chi connectivity index (χ2n) is 6.34. The Kier molecular flexibility index (Phi) is 4.02. The van der Waals surface area contributed by atoms with Crippen molar-refractivity contribution in [3.8, 4) is 0 Å². The second-order valence-corrected chi connectivity index (χ2v) is 6.34. The summed E-state index contributed by atoms with van der Waals surface area (Å²) in [5.41, 5.74) is -0.237. The van der Waals surface area contributed by atoms with Gasteiger partial charge in [-0.05, 0) is 43.2 Å². The molecule has 0 saturated heterocycles. The zero-order chi connectivity index (χ0) is 14.8. The van der Waals surface area contributed by atoms with Crippen molar-refractivity contribution in [3.05, 3.63) is 30.1 Å². The molecule has 3 nitrogen and oxygen atoms in total. The fraction of sp³-hybridized carbons (Fsp3) is 0.562. The number of carbonyl (C=O) groups is 1. The van der Waals surface area contributed by atoms with Gasteiger partial charge in [0, 0.05) is 0 Å². The summed E-state index contributed by atoms with van der Waals surface area (Å²) >= 11 is 0. The van der Waals surface area contributed by atoms with Gasteiger partial charge in [0.15, 0.2) is 0 Å². The van der Waals surface area contributed by atoms with Crippen molar-refractivity contribution in [3.63, 3.8) is 0 Å². The first-order valence-corrected chi connectivity index (χ1v) is 7.00. The third-order valence-corrected chi connectivity index (χ3v) is 4.28. The Labute approximate surface area is 119 Å². The lowest BCUT2D eigenvalue weighted by atomic mass is 9.69. The highest BCUT2D eigenvalue weighted by Gasteiger charge is 2.45. The lowest BCUT2D eigenvalue weighted by Gasteiger charge is -2.42. The molecule has 2 rings (SSSR count). The van der Waals surface area contributed by atoms with E-state index in [-0.39, 0.29) is 17.2 Å². The summed E-state index contributed by atoms with van der Waals surface area (Å²) < 4.78 is 18.8. The van der Waals surface area contributed by atoms with Gasteiger partial charge >= 0.3 is 5.97 Å². The summed E-state index contributed by atoms with van der Waals surface area (Å²) in [5.74, 6) is -0.656. The maximum Gasteiger partial charge on any atom is 0.331 e. The maximum atomic E-state index is 13.8. The molecule has 1 fully saturated rings. The summed E-state index contributed by atoms with van der Waals surface area (Å²) in [6.45, 7) is 4.38. The van der Waals surface area contributed by atoms with Crippen LogP contribution in [0.25, 0.3) is 0 Å². The molecule has 0 spiro atoms. The molecular formula is C16H22FNO2. The average molecular weight is 279 g/mol. The van der Waals surface area contributed by atoms with E-state index in [0.717, 1.165) is 12.8 Å². The highest BCUT2D eigenvalue weighted by atomic mass is 19.1. The Morgan fingerprint density at radius 2 is 1.80 bits per heavy atom. The topological polar surface area (TPSA) is 38.3 Å². The summed E-state index contributed by atoms with van der Waals surface area (Å²) in [5, 5.41) is 3.10. The van der Waals surface area contributed by atoms with Gasteiger partial charge in [0.2, 0.25) is 0 Å². The molecule has 0 amide bonds. The van der Waals surface area contributed by atoms with Crippen LogP contribution >= 0.6 is 0 Å². The second kappa shape index (κ2) is 5.43. The van der Waals surface area contributed by atoms with Crippen LogP contribution in [-0.4, -0.2) is 18.6 Å². The largest absolute Gasteiger partial charge is 0.467 e. The van der Waals surface area contributed by atoms with E-state index in [1.165, 1.54) is 13.2 Å². The molecule has 1 aromatic rings. The molecule has 1 aromatic carbocycles. The Balaban J connectivity index is 2.26. The van der Waals surface area contributed by atoms with Crippen LogP contribution < -0.4 is 5.32 Å². The van der Waals surface area contributed by atoms with E-state index in [0.29, 0.717) is 18.5 Å². The van der Waals surface area contributed by atoms with E-state index >= 15 is 0 Å². The molecule has 110 valence electrons. The highest BCUT2D eigenvalue weighted by molar-refractivity contribution is 5.84. The van der Waals surface area contributed by atoms with Gasteiger partial charge in [-0.15, -0.1) is 0 Å². The van der Waals surface area contributed by atoms with E-state index < -0.39 is 5.54 Å². The number of esters is 1. The number of methoxy groups -OCH3 is 1. The number of hydrogen-bond acceptors (Lipinski definition) is 3. The van der Waals surface area contributed by atoms with Crippen molar-refractivity contribution in [2.24, 2.45) is 5.41 Å². The Morgan fingerprint density at radius 1 is 1.20 bits per heavy atom. The van der Waals surface area contributed by atoms with Gasteiger partial charge in [0.05, 0.1) is 12.8 Å². The summed E-state index contributed by atoms with van der Waals surface area (Å²) in [6, 6.07) is 6.43. The number of ether oxygens (including phenoxy) is 1. The minimum atomic E-state index is -0.813. The van der Waals surface area contributed by atoms with E-state index in [1.807, 2.05) is 0 Å². The molecule has 0 bridgehead atoms. The molecule has 0 atom stereocenters. The molecule has 0 heterocycles. The Morgan fingerprint density at radius 3 is 2.35 bits per heavy atom. The molecule has 1 N–H and O–H groups in total. The van der Waals surface area contributed by atoms with Crippen molar-refractivity contribution in [2.75, 3.05) is 12.4 Å². The number of nitrogens with one attached hydrogen (secondary N) is 1. The first-order valence-electron chi connectivity index (χ1n) is 7.00. The maximum absolute atomic E-state index is 13.8. The molecular weight excluding hydrogens is 257 g/mol. The third kappa shape index (κ3) is 2.94. The van der Waals surface area contributed by atoms with Crippen LogP contribution in [-0.2, 0) is 9.53 Å². The molecule has 0 unspecified atom stereocenters. The van der Waals surface area contributed by atoms with Crippen LogP contribution in [0.3, 0.4) is 0 Å². The van der Waals surface area contributed by atoms with Gasteiger partial charge in [-0.2, -0.15) is 0 Å². The van der Waals surface area contributed by atoms with Crippen molar-refractivity contribution >= 4 is 11.7 Å². The van der Waals surface area contributed by atoms with Crippen LogP contribution in [0.1, 0.15) is 39.5 Å². The average Bonchev–Trinajstić information content (AvgIpc) is 2.43. The molecule has 1 aliphatic carbocycles. The van der Waals surface area contributed by atoms with Crippen LogP contribution in [0.15, 0.2) is 24.3 Å². The minimum absolute atomic E-state index is 0.217. The van der Waals surface area contributed by atoms with Gasteiger partial charge in [-0.25, -0.2) is 9.18 Å². The van der Waals surface area contributed by atoms with Crippen molar-refractivity contribution < 1.29 is 13.9 Å². The van der Waals surface area contributed by atoms with Crippen molar-refractivity contribution in [1.29, 1.82) is 0 Å². The lowest BCUT2D eigenvalue weighted by molar-refractivity contribution is -0.148. The number of carbonyl (C=O) groups excluding carboxylic acids is 1. The van der Waals surface area contributed by atoms with Gasteiger partial charge in [-0.1, -0.05) is 26.0 Å². The fourth-order valence-corrected chi connectivity index (χ4v) is 2.75. The van der Waals surface area contributed by atoms with Gasteiger partial charge in [0.25, 0.3) is 0 Å². The number of hydrogen-bond donors (Lipinski definition) is 1. The third-order valence-electron chi connectivity index (χ3n) is 4.28. The van der Waals surface area contributed by atoms with Crippen LogP contribution in [0, 0.1) is 11.2 Å². The van der Waals surface area contributed by atoms with Crippen LogP contribution in [0.5, 0.6) is 0 Å². The zero-order valence-corrected chi connectivity index (χ0v) is 12.3. The summed E-state index contributed by atoms with van der Waals surface area (Å²) in [4.78, 5) is 12.2. The van der Waals surface area contributed by atoms with Gasteiger partial charge < -0.3 is 10.1 Å². The number of para-hydroxylation sites is 1. The molecule has 1 saturated carbocycles. The van der Waals surface area contributed by atoms with E-state index in [9.17, 15) is 9.18 Å². The van der Waals surface area contributed by atoms with Gasteiger partial charge in [0.1, 0.15) is 11.4 Å². The van der Waals surface area contributed by atoms with E-state index in [1.54, 1.807) is 18.2 Å². The number of halogens is 1. The quantitative estimate of drug-likeness (QED) is 0.856. The molecule has 4 heteroatoms. The highest BCUT2D eigenvalue weighted by Crippen LogP contribution is 2.42. The number of anilines is 1. The summed E-state index contributed by atoms with van der Waals surface area (Å²) in [6.07, 6.45) is 3.12. The molecule has 0 aliphatic heterocycles.